The Morgan fingerprint density at radius 3 is 2.42 bits per heavy atom. The van der Waals surface area contributed by atoms with E-state index in [4.69, 9.17) is 0 Å². The van der Waals surface area contributed by atoms with E-state index in [0.29, 0.717) is 17.8 Å². The zero-order chi connectivity index (χ0) is 18.9. The number of carbonyl (C=O) groups excluding carboxylic acids is 3. The standard InChI is InChI=1S/C19H22N4O3/c1-3-4-10-20-19(26)16(17(24)14-8-6-5-7-9-14)23-18(25)15-12-21-13(2)11-22-15/h5-9,11-12,16H,3-4,10H2,1-2H3,(H,20,26)(H,23,25). The average molecular weight is 354 g/mol. The SMILES string of the molecule is CCCCNC(=O)C(NC(=O)c1cnc(C)cn1)C(=O)c1ccccc1. The number of hydrogen-bond acceptors (Lipinski definition) is 5. The molecule has 7 nitrogen and oxygen atoms in total. The Hall–Kier alpha value is -3.09. The van der Waals surface area contributed by atoms with Gasteiger partial charge < -0.3 is 10.6 Å². The second kappa shape index (κ2) is 9.41. The highest BCUT2D eigenvalue weighted by Crippen LogP contribution is 2.05. The number of unbranched alkanes of at least 4 members (excludes halogenated alkanes) is 1. The van der Waals surface area contributed by atoms with Gasteiger partial charge >= 0.3 is 0 Å². The summed E-state index contributed by atoms with van der Waals surface area (Å²) < 4.78 is 0. The fourth-order valence-electron chi connectivity index (χ4n) is 2.22. The quantitative estimate of drug-likeness (QED) is 0.427. The summed E-state index contributed by atoms with van der Waals surface area (Å²) in [5, 5.41) is 5.16. The highest BCUT2D eigenvalue weighted by atomic mass is 16.2. The molecule has 0 bridgehead atoms. The van der Waals surface area contributed by atoms with Crippen molar-refractivity contribution in [3.8, 4) is 0 Å². The van der Waals surface area contributed by atoms with Crippen molar-refractivity contribution in [2.75, 3.05) is 6.54 Å². The number of benzene rings is 1. The first-order chi connectivity index (χ1) is 12.5. The Morgan fingerprint density at radius 1 is 1.08 bits per heavy atom. The van der Waals surface area contributed by atoms with Crippen LogP contribution in [0.15, 0.2) is 42.7 Å². The van der Waals surface area contributed by atoms with Gasteiger partial charge in [0, 0.05) is 18.3 Å². The molecule has 0 radical (unpaired) electrons. The third-order valence-corrected chi connectivity index (χ3v) is 3.70. The number of carbonyl (C=O) groups is 3. The van der Waals surface area contributed by atoms with Gasteiger partial charge in [-0.3, -0.25) is 19.4 Å². The van der Waals surface area contributed by atoms with Gasteiger partial charge in [0.25, 0.3) is 11.8 Å². The topological polar surface area (TPSA) is 101 Å². The summed E-state index contributed by atoms with van der Waals surface area (Å²) >= 11 is 0. The lowest BCUT2D eigenvalue weighted by Crippen LogP contribution is -2.51. The van der Waals surface area contributed by atoms with E-state index in [2.05, 4.69) is 20.6 Å². The van der Waals surface area contributed by atoms with Crippen LogP contribution in [-0.2, 0) is 4.79 Å². The molecule has 0 fully saturated rings. The van der Waals surface area contributed by atoms with Gasteiger partial charge in [-0.1, -0.05) is 43.7 Å². The van der Waals surface area contributed by atoms with Gasteiger partial charge in [0.1, 0.15) is 5.69 Å². The number of Topliss-reactive ketones (excluding diaryl/α,β-unsaturated/α-hetero) is 1. The molecule has 1 atom stereocenters. The number of hydrogen-bond donors (Lipinski definition) is 2. The smallest absolute Gasteiger partial charge is 0.272 e. The molecule has 1 aromatic carbocycles. The fraction of sp³-hybridized carbons (Fsp3) is 0.316. The Morgan fingerprint density at radius 2 is 1.81 bits per heavy atom. The number of rotatable bonds is 8. The number of nitrogens with zero attached hydrogens (tertiary/aromatic N) is 2. The molecule has 7 heteroatoms. The molecule has 136 valence electrons. The largest absolute Gasteiger partial charge is 0.354 e. The number of nitrogens with one attached hydrogen (secondary N) is 2. The van der Waals surface area contributed by atoms with E-state index in [0.717, 1.165) is 12.8 Å². The number of aromatic nitrogens is 2. The highest BCUT2D eigenvalue weighted by molar-refractivity contribution is 6.16. The molecule has 2 amide bonds. The Kier molecular flexibility index (Phi) is 6.96. The second-order valence-corrected chi connectivity index (χ2v) is 5.82. The summed E-state index contributed by atoms with van der Waals surface area (Å²) in [5.74, 6) is -1.65. The molecule has 26 heavy (non-hydrogen) atoms. The van der Waals surface area contributed by atoms with E-state index in [1.165, 1.54) is 12.4 Å². The van der Waals surface area contributed by atoms with Crippen LogP contribution >= 0.6 is 0 Å². The molecular formula is C19H22N4O3. The van der Waals surface area contributed by atoms with Gasteiger partial charge in [-0.15, -0.1) is 0 Å². The minimum absolute atomic E-state index is 0.0443. The molecule has 0 aliphatic heterocycles. The number of aryl methyl sites for hydroxylation is 1. The zero-order valence-corrected chi connectivity index (χ0v) is 14.9. The van der Waals surface area contributed by atoms with Gasteiger partial charge in [-0.05, 0) is 13.3 Å². The molecule has 1 aromatic heterocycles. The molecule has 1 heterocycles. The van der Waals surface area contributed by atoms with Crippen molar-refractivity contribution in [2.45, 2.75) is 32.7 Å². The van der Waals surface area contributed by atoms with Crippen molar-refractivity contribution >= 4 is 17.6 Å². The molecule has 1 unspecified atom stereocenters. The second-order valence-electron chi connectivity index (χ2n) is 5.82. The van der Waals surface area contributed by atoms with Crippen molar-refractivity contribution < 1.29 is 14.4 Å². The molecule has 2 aromatic rings. The number of amides is 2. The van der Waals surface area contributed by atoms with E-state index >= 15 is 0 Å². The first kappa shape index (κ1) is 19.2. The van der Waals surface area contributed by atoms with E-state index in [1.807, 2.05) is 6.92 Å². The van der Waals surface area contributed by atoms with Crippen LogP contribution in [0.4, 0.5) is 0 Å². The van der Waals surface area contributed by atoms with E-state index < -0.39 is 23.6 Å². The van der Waals surface area contributed by atoms with Crippen LogP contribution in [0.25, 0.3) is 0 Å². The maximum atomic E-state index is 12.7. The van der Waals surface area contributed by atoms with Crippen molar-refractivity contribution in [1.82, 2.24) is 20.6 Å². The van der Waals surface area contributed by atoms with E-state index in [9.17, 15) is 14.4 Å². The van der Waals surface area contributed by atoms with Gasteiger partial charge in [0.2, 0.25) is 0 Å². The summed E-state index contributed by atoms with van der Waals surface area (Å²) in [6.45, 7) is 4.18. The highest BCUT2D eigenvalue weighted by Gasteiger charge is 2.29. The van der Waals surface area contributed by atoms with Crippen molar-refractivity contribution in [2.24, 2.45) is 0 Å². The summed E-state index contributed by atoms with van der Waals surface area (Å²) in [6, 6.07) is 7.05. The van der Waals surface area contributed by atoms with Crippen LogP contribution in [0, 0.1) is 6.92 Å². The summed E-state index contributed by atoms with van der Waals surface area (Å²) in [4.78, 5) is 45.6. The minimum atomic E-state index is -1.33. The summed E-state index contributed by atoms with van der Waals surface area (Å²) in [7, 11) is 0. The fourth-order valence-corrected chi connectivity index (χ4v) is 2.22. The Balaban J connectivity index is 2.19. The third-order valence-electron chi connectivity index (χ3n) is 3.70. The first-order valence-electron chi connectivity index (χ1n) is 8.49. The Labute approximate surface area is 152 Å². The first-order valence-corrected chi connectivity index (χ1v) is 8.49. The van der Waals surface area contributed by atoms with Gasteiger partial charge in [0.15, 0.2) is 11.8 Å². The van der Waals surface area contributed by atoms with Crippen LogP contribution in [-0.4, -0.2) is 40.2 Å². The molecule has 0 saturated heterocycles. The maximum Gasteiger partial charge on any atom is 0.272 e. The van der Waals surface area contributed by atoms with Crippen molar-refractivity contribution in [3.63, 3.8) is 0 Å². The molecule has 0 spiro atoms. The van der Waals surface area contributed by atoms with Crippen molar-refractivity contribution in [3.05, 3.63) is 59.7 Å². The molecule has 0 aliphatic rings. The average Bonchev–Trinajstić information content (AvgIpc) is 2.66. The Bertz CT molecular complexity index is 760. The lowest BCUT2D eigenvalue weighted by atomic mass is 10.0. The van der Waals surface area contributed by atoms with Crippen LogP contribution in [0.2, 0.25) is 0 Å². The maximum absolute atomic E-state index is 12.7. The van der Waals surface area contributed by atoms with Gasteiger partial charge in [0.05, 0.1) is 11.9 Å². The van der Waals surface area contributed by atoms with E-state index in [-0.39, 0.29) is 5.69 Å². The molecule has 0 aliphatic carbocycles. The normalized spacial score (nSPS) is 11.5. The summed E-state index contributed by atoms with van der Waals surface area (Å²) in [6.07, 6.45) is 4.45. The lowest BCUT2D eigenvalue weighted by molar-refractivity contribution is -0.121. The number of ketones is 1. The van der Waals surface area contributed by atoms with Crippen LogP contribution < -0.4 is 10.6 Å². The van der Waals surface area contributed by atoms with Gasteiger partial charge in [-0.2, -0.15) is 0 Å². The lowest BCUT2D eigenvalue weighted by Gasteiger charge is -2.17. The van der Waals surface area contributed by atoms with Crippen molar-refractivity contribution in [1.29, 1.82) is 0 Å². The van der Waals surface area contributed by atoms with Crippen LogP contribution in [0.5, 0.6) is 0 Å². The van der Waals surface area contributed by atoms with Gasteiger partial charge in [-0.25, -0.2) is 4.98 Å². The van der Waals surface area contributed by atoms with Crippen LogP contribution in [0.1, 0.15) is 46.3 Å². The molecule has 2 rings (SSSR count). The zero-order valence-electron chi connectivity index (χ0n) is 14.9. The van der Waals surface area contributed by atoms with Crippen LogP contribution in [0.3, 0.4) is 0 Å². The molecular weight excluding hydrogens is 332 g/mol. The molecule has 2 N–H and O–H groups in total. The third kappa shape index (κ3) is 5.20. The monoisotopic (exact) mass is 354 g/mol. The van der Waals surface area contributed by atoms with E-state index in [1.54, 1.807) is 37.3 Å². The predicted molar refractivity (Wildman–Crippen MR) is 96.7 cm³/mol. The summed E-state index contributed by atoms with van der Waals surface area (Å²) in [5.41, 5.74) is 1.05. The predicted octanol–water partition coefficient (Wildman–Crippen LogP) is 1.68. The molecule has 0 saturated carbocycles. The minimum Gasteiger partial charge on any atom is -0.354 e.